The Labute approximate surface area is 147 Å². The number of hydrogen-bond donors (Lipinski definition) is 1. The minimum absolute atomic E-state index is 0. The molecule has 0 aromatic heterocycles. The third-order valence-electron chi connectivity index (χ3n) is 4.30. The number of carbonyl (C=O) groups is 2. The van der Waals surface area contributed by atoms with Gasteiger partial charge in [0.15, 0.2) is 0 Å². The molecule has 2 heterocycles. The van der Waals surface area contributed by atoms with E-state index in [1.165, 1.54) is 0 Å². The van der Waals surface area contributed by atoms with Crippen LogP contribution in [0, 0.1) is 5.92 Å². The van der Waals surface area contributed by atoms with Crippen molar-refractivity contribution in [2.45, 2.75) is 19.4 Å². The molecule has 3 rings (SSSR count). The zero-order chi connectivity index (χ0) is 15.7. The summed E-state index contributed by atoms with van der Waals surface area (Å²) in [4.78, 5) is 28.4. The number of nitrogens with one attached hydrogen (secondary N) is 1. The molecule has 0 saturated carbocycles. The smallest absolute Gasteiger partial charge is 0.228 e. The highest BCUT2D eigenvalue weighted by Gasteiger charge is 2.38. The topological polar surface area (TPSA) is 52.7 Å². The third-order valence-corrected chi connectivity index (χ3v) is 4.62. The Morgan fingerprint density at radius 3 is 2.74 bits per heavy atom. The van der Waals surface area contributed by atoms with E-state index < -0.39 is 0 Å². The summed E-state index contributed by atoms with van der Waals surface area (Å²) in [6, 6.07) is 7.56. The van der Waals surface area contributed by atoms with E-state index in [0.29, 0.717) is 36.4 Å². The fourth-order valence-electron chi connectivity index (χ4n) is 3.17. The Bertz CT molecular complexity index is 596. The number of rotatable bonds is 2. The Morgan fingerprint density at radius 1 is 1.30 bits per heavy atom. The van der Waals surface area contributed by atoms with E-state index in [4.69, 9.17) is 11.6 Å². The van der Waals surface area contributed by atoms with Gasteiger partial charge < -0.3 is 15.1 Å². The summed E-state index contributed by atoms with van der Waals surface area (Å²) >= 11 is 6.17. The van der Waals surface area contributed by atoms with Gasteiger partial charge in [0, 0.05) is 38.6 Å². The second-order valence-electron chi connectivity index (χ2n) is 6.00. The normalized spacial score (nSPS) is 24.5. The molecule has 0 radical (unpaired) electrons. The first kappa shape index (κ1) is 18.0. The highest BCUT2D eigenvalue weighted by atomic mass is 35.5. The van der Waals surface area contributed by atoms with E-state index in [9.17, 15) is 9.59 Å². The molecule has 2 amide bonds. The number of halogens is 2. The molecule has 1 N–H and O–H groups in total. The van der Waals surface area contributed by atoms with Crippen LogP contribution in [0.2, 0.25) is 5.02 Å². The van der Waals surface area contributed by atoms with Crippen molar-refractivity contribution in [2.75, 3.05) is 31.1 Å². The van der Waals surface area contributed by atoms with Crippen LogP contribution in [0.15, 0.2) is 24.3 Å². The zero-order valence-electron chi connectivity index (χ0n) is 13.0. The molecule has 7 heteroatoms. The van der Waals surface area contributed by atoms with E-state index in [1.807, 2.05) is 23.1 Å². The van der Waals surface area contributed by atoms with Crippen LogP contribution in [0.5, 0.6) is 0 Å². The van der Waals surface area contributed by atoms with Crippen molar-refractivity contribution >= 4 is 41.5 Å². The summed E-state index contributed by atoms with van der Waals surface area (Å²) < 4.78 is 0. The van der Waals surface area contributed by atoms with Gasteiger partial charge in [-0.3, -0.25) is 9.59 Å². The van der Waals surface area contributed by atoms with Crippen LogP contribution in [0.4, 0.5) is 5.69 Å². The number of anilines is 1. The maximum absolute atomic E-state index is 12.6. The second kappa shape index (κ2) is 7.51. The van der Waals surface area contributed by atoms with Crippen LogP contribution in [0.3, 0.4) is 0 Å². The number of para-hydroxylation sites is 1. The average molecular weight is 358 g/mol. The van der Waals surface area contributed by atoms with Crippen molar-refractivity contribution in [3.8, 4) is 0 Å². The molecule has 2 aliphatic rings. The predicted octanol–water partition coefficient (Wildman–Crippen LogP) is 1.94. The van der Waals surface area contributed by atoms with Crippen LogP contribution < -0.4 is 10.2 Å². The molecule has 126 valence electrons. The fourth-order valence-corrected chi connectivity index (χ4v) is 3.40. The van der Waals surface area contributed by atoms with Crippen molar-refractivity contribution in [1.29, 1.82) is 0 Å². The van der Waals surface area contributed by atoms with Crippen molar-refractivity contribution in [1.82, 2.24) is 10.2 Å². The van der Waals surface area contributed by atoms with Crippen molar-refractivity contribution in [2.24, 2.45) is 5.92 Å². The first-order valence-corrected chi connectivity index (χ1v) is 8.01. The standard InChI is InChI=1S/C16H20ClN3O2.ClH/c1-11-9-19(7-6-18-11)16(22)12-8-15(21)20(10-12)14-5-3-2-4-13(14)17;/h2-5,11-12,18H,6-10H2,1H3;1H. The summed E-state index contributed by atoms with van der Waals surface area (Å²) in [6.07, 6.45) is 0.266. The molecule has 2 aliphatic heterocycles. The van der Waals surface area contributed by atoms with Gasteiger partial charge in [-0.15, -0.1) is 12.4 Å². The monoisotopic (exact) mass is 357 g/mol. The Morgan fingerprint density at radius 2 is 2.04 bits per heavy atom. The minimum atomic E-state index is -0.269. The lowest BCUT2D eigenvalue weighted by atomic mass is 10.1. The quantitative estimate of drug-likeness (QED) is 0.879. The lowest BCUT2D eigenvalue weighted by Crippen LogP contribution is -2.53. The molecule has 2 unspecified atom stereocenters. The lowest BCUT2D eigenvalue weighted by Gasteiger charge is -2.33. The molecule has 2 fully saturated rings. The van der Waals surface area contributed by atoms with Gasteiger partial charge in [-0.1, -0.05) is 23.7 Å². The van der Waals surface area contributed by atoms with E-state index in [1.54, 1.807) is 11.0 Å². The first-order valence-electron chi connectivity index (χ1n) is 7.63. The molecule has 1 aromatic rings. The number of nitrogens with zero attached hydrogens (tertiary/aromatic N) is 2. The van der Waals surface area contributed by atoms with Crippen molar-refractivity contribution < 1.29 is 9.59 Å². The summed E-state index contributed by atoms with van der Waals surface area (Å²) in [5.41, 5.74) is 0.693. The zero-order valence-corrected chi connectivity index (χ0v) is 14.6. The Balaban J connectivity index is 0.00000192. The fraction of sp³-hybridized carbons (Fsp3) is 0.500. The van der Waals surface area contributed by atoms with Gasteiger partial charge in [-0.05, 0) is 19.1 Å². The van der Waals surface area contributed by atoms with E-state index >= 15 is 0 Å². The van der Waals surface area contributed by atoms with E-state index in [2.05, 4.69) is 12.2 Å². The number of amides is 2. The molecule has 2 saturated heterocycles. The number of hydrogen-bond acceptors (Lipinski definition) is 3. The molecule has 0 aliphatic carbocycles. The highest BCUT2D eigenvalue weighted by Crippen LogP contribution is 2.31. The second-order valence-corrected chi connectivity index (χ2v) is 6.40. The minimum Gasteiger partial charge on any atom is -0.340 e. The number of benzene rings is 1. The van der Waals surface area contributed by atoms with Crippen molar-refractivity contribution in [3.05, 3.63) is 29.3 Å². The summed E-state index contributed by atoms with van der Waals surface area (Å²) in [7, 11) is 0. The molecular weight excluding hydrogens is 337 g/mol. The Hall–Kier alpha value is -1.30. The van der Waals surface area contributed by atoms with Crippen molar-refractivity contribution in [3.63, 3.8) is 0 Å². The first-order chi connectivity index (χ1) is 10.6. The highest BCUT2D eigenvalue weighted by molar-refractivity contribution is 6.33. The molecule has 0 spiro atoms. The maximum atomic E-state index is 12.6. The summed E-state index contributed by atoms with van der Waals surface area (Å²) in [6.45, 7) is 4.70. The Kier molecular flexibility index (Phi) is 5.89. The molecule has 5 nitrogen and oxygen atoms in total. The largest absolute Gasteiger partial charge is 0.340 e. The van der Waals surface area contributed by atoms with Gasteiger partial charge in [0.25, 0.3) is 0 Å². The van der Waals surface area contributed by atoms with Crippen LogP contribution in [0.1, 0.15) is 13.3 Å². The predicted molar refractivity (Wildman–Crippen MR) is 93.2 cm³/mol. The van der Waals surface area contributed by atoms with Gasteiger partial charge in [0.2, 0.25) is 11.8 Å². The van der Waals surface area contributed by atoms with E-state index in [0.717, 1.165) is 6.54 Å². The van der Waals surface area contributed by atoms with Crippen LogP contribution in [0.25, 0.3) is 0 Å². The average Bonchev–Trinajstić information content (AvgIpc) is 2.89. The van der Waals surface area contributed by atoms with E-state index in [-0.39, 0.29) is 36.6 Å². The van der Waals surface area contributed by atoms with Gasteiger partial charge in [0.1, 0.15) is 0 Å². The van der Waals surface area contributed by atoms with Gasteiger partial charge in [0.05, 0.1) is 16.6 Å². The lowest BCUT2D eigenvalue weighted by molar-refractivity contribution is -0.136. The summed E-state index contributed by atoms with van der Waals surface area (Å²) in [5.74, 6) is -0.222. The van der Waals surface area contributed by atoms with Gasteiger partial charge in [-0.2, -0.15) is 0 Å². The summed E-state index contributed by atoms with van der Waals surface area (Å²) in [5, 5.41) is 3.86. The van der Waals surface area contributed by atoms with Gasteiger partial charge >= 0.3 is 0 Å². The molecule has 23 heavy (non-hydrogen) atoms. The molecule has 2 atom stereocenters. The maximum Gasteiger partial charge on any atom is 0.228 e. The molecule has 0 bridgehead atoms. The molecule has 1 aromatic carbocycles. The number of carbonyl (C=O) groups excluding carboxylic acids is 2. The number of piperazine rings is 1. The van der Waals surface area contributed by atoms with Crippen LogP contribution in [-0.4, -0.2) is 48.9 Å². The van der Waals surface area contributed by atoms with Crippen LogP contribution in [-0.2, 0) is 9.59 Å². The third kappa shape index (κ3) is 3.79. The van der Waals surface area contributed by atoms with Crippen LogP contribution >= 0.6 is 24.0 Å². The van der Waals surface area contributed by atoms with Gasteiger partial charge in [-0.25, -0.2) is 0 Å². The SMILES string of the molecule is CC1CN(C(=O)C2CC(=O)N(c3ccccc3Cl)C2)CCN1.Cl. The molecular formula is C16H21Cl2N3O2.